The minimum Gasteiger partial charge on any atom is -0.481 e. The number of imide groups is 1. The fourth-order valence-electron chi connectivity index (χ4n) is 1.68. The molecule has 1 atom stereocenters. The maximum absolute atomic E-state index is 11.4. The number of hydrogen-bond donors (Lipinski definition) is 4. The molecule has 7 heteroatoms. The van der Waals surface area contributed by atoms with Crippen molar-refractivity contribution >= 4 is 17.9 Å². The van der Waals surface area contributed by atoms with E-state index in [0.717, 1.165) is 19.3 Å². The van der Waals surface area contributed by atoms with Crippen LogP contribution in [0.2, 0.25) is 0 Å². The summed E-state index contributed by atoms with van der Waals surface area (Å²) in [4.78, 5) is 33.1. The lowest BCUT2D eigenvalue weighted by molar-refractivity contribution is -0.137. The molecule has 0 heterocycles. The lowest BCUT2D eigenvalue weighted by Gasteiger charge is -2.10. The van der Waals surface area contributed by atoms with Crippen molar-refractivity contribution in [1.29, 1.82) is 0 Å². The maximum Gasteiger partial charge on any atom is 0.321 e. The Hall–Kier alpha value is -1.63. The van der Waals surface area contributed by atoms with E-state index in [1.807, 2.05) is 6.92 Å². The number of hydrogen-bond acceptors (Lipinski definition) is 4. The van der Waals surface area contributed by atoms with Crippen LogP contribution in [-0.4, -0.2) is 42.1 Å². The molecule has 1 fully saturated rings. The molecule has 0 aromatic carbocycles. The highest BCUT2D eigenvalue weighted by atomic mass is 16.4. The molecule has 0 aromatic rings. The van der Waals surface area contributed by atoms with Crippen LogP contribution in [0.5, 0.6) is 0 Å². The van der Waals surface area contributed by atoms with Crippen LogP contribution in [0.15, 0.2) is 0 Å². The lowest BCUT2D eigenvalue weighted by atomic mass is 10.0. The Bertz CT molecular complexity index is 356. The summed E-state index contributed by atoms with van der Waals surface area (Å²) in [6.45, 7) is 2.69. The molecule has 1 unspecified atom stereocenters. The lowest BCUT2D eigenvalue weighted by Crippen LogP contribution is -2.44. The molecule has 4 N–H and O–H groups in total. The van der Waals surface area contributed by atoms with Crippen LogP contribution >= 0.6 is 0 Å². The van der Waals surface area contributed by atoms with Gasteiger partial charge in [0, 0.05) is 12.5 Å². The molecule has 1 rings (SSSR count). The topological polar surface area (TPSA) is 108 Å². The minimum atomic E-state index is -0.786. The van der Waals surface area contributed by atoms with Gasteiger partial charge in [-0.25, -0.2) is 4.79 Å². The highest BCUT2D eigenvalue weighted by molar-refractivity contribution is 5.95. The van der Waals surface area contributed by atoms with Gasteiger partial charge in [-0.05, 0) is 38.1 Å². The number of nitrogens with one attached hydrogen (secondary N) is 3. The van der Waals surface area contributed by atoms with Gasteiger partial charge in [0.2, 0.25) is 5.91 Å². The van der Waals surface area contributed by atoms with Crippen molar-refractivity contribution < 1.29 is 19.5 Å². The van der Waals surface area contributed by atoms with E-state index in [9.17, 15) is 14.4 Å². The summed E-state index contributed by atoms with van der Waals surface area (Å²) >= 11 is 0. The normalized spacial score (nSPS) is 15.4. The first-order valence-corrected chi connectivity index (χ1v) is 7.00. The first kappa shape index (κ1) is 16.4. The van der Waals surface area contributed by atoms with Crippen molar-refractivity contribution in [3.05, 3.63) is 0 Å². The Labute approximate surface area is 118 Å². The SMILES string of the molecule is CC(CCNCC(=O)NC(=O)NC1CC1)CCC(=O)O. The fourth-order valence-corrected chi connectivity index (χ4v) is 1.68. The zero-order valence-electron chi connectivity index (χ0n) is 11.8. The van der Waals surface area contributed by atoms with Gasteiger partial charge >= 0.3 is 12.0 Å². The van der Waals surface area contributed by atoms with E-state index in [1.165, 1.54) is 0 Å². The van der Waals surface area contributed by atoms with Crippen molar-refractivity contribution in [2.24, 2.45) is 5.92 Å². The van der Waals surface area contributed by atoms with Crippen molar-refractivity contribution in [3.63, 3.8) is 0 Å². The number of rotatable bonds is 9. The first-order valence-electron chi connectivity index (χ1n) is 7.00. The number of aliphatic carboxylic acids is 1. The number of carboxylic acid groups (broad SMARTS) is 1. The third kappa shape index (κ3) is 8.47. The van der Waals surface area contributed by atoms with Crippen LogP contribution in [0.1, 0.15) is 39.0 Å². The summed E-state index contributed by atoms with van der Waals surface area (Å²) in [5, 5.41) is 16.4. The van der Waals surface area contributed by atoms with Crippen LogP contribution in [0.3, 0.4) is 0 Å². The summed E-state index contributed by atoms with van der Waals surface area (Å²) in [5.74, 6) is -0.855. The van der Waals surface area contributed by atoms with Gasteiger partial charge in [-0.15, -0.1) is 0 Å². The molecule has 0 aliphatic heterocycles. The Kier molecular flexibility index (Phi) is 7.00. The molecular formula is C13H23N3O4. The van der Waals surface area contributed by atoms with E-state index in [0.29, 0.717) is 18.9 Å². The van der Waals surface area contributed by atoms with Gasteiger partial charge in [-0.1, -0.05) is 6.92 Å². The summed E-state index contributed by atoms with van der Waals surface area (Å²) in [6.07, 6.45) is 3.56. The molecule has 3 amide bonds. The van der Waals surface area contributed by atoms with Crippen LogP contribution < -0.4 is 16.0 Å². The highest BCUT2D eigenvalue weighted by Crippen LogP contribution is 2.18. The standard InChI is InChI=1S/C13H23N3O4/c1-9(2-5-12(18)19)6-7-14-8-11(17)16-13(20)15-10-3-4-10/h9-10,14H,2-8H2,1H3,(H,18,19)(H2,15,16,17,20). The zero-order chi connectivity index (χ0) is 15.0. The van der Waals surface area contributed by atoms with E-state index >= 15 is 0 Å². The third-order valence-electron chi connectivity index (χ3n) is 3.12. The van der Waals surface area contributed by atoms with Crippen molar-refractivity contribution in [3.8, 4) is 0 Å². The van der Waals surface area contributed by atoms with Gasteiger partial charge in [-0.2, -0.15) is 0 Å². The predicted molar refractivity (Wildman–Crippen MR) is 73.2 cm³/mol. The molecule has 20 heavy (non-hydrogen) atoms. The van der Waals surface area contributed by atoms with E-state index in [-0.39, 0.29) is 24.9 Å². The number of carbonyl (C=O) groups excluding carboxylic acids is 2. The van der Waals surface area contributed by atoms with Gasteiger partial charge in [-0.3, -0.25) is 14.9 Å². The zero-order valence-corrected chi connectivity index (χ0v) is 11.8. The van der Waals surface area contributed by atoms with Crippen molar-refractivity contribution in [2.45, 2.75) is 45.1 Å². The fraction of sp³-hybridized carbons (Fsp3) is 0.769. The highest BCUT2D eigenvalue weighted by Gasteiger charge is 2.23. The molecule has 0 bridgehead atoms. The van der Waals surface area contributed by atoms with Crippen LogP contribution in [0.4, 0.5) is 4.79 Å². The average Bonchev–Trinajstić information content (AvgIpc) is 3.15. The maximum atomic E-state index is 11.4. The molecule has 0 aromatic heterocycles. The van der Waals surface area contributed by atoms with E-state index in [2.05, 4.69) is 16.0 Å². The molecule has 1 aliphatic rings. The summed E-state index contributed by atoms with van der Waals surface area (Å²) in [7, 11) is 0. The number of urea groups is 1. The van der Waals surface area contributed by atoms with Crippen molar-refractivity contribution in [1.82, 2.24) is 16.0 Å². The van der Waals surface area contributed by atoms with Crippen molar-refractivity contribution in [2.75, 3.05) is 13.1 Å². The Balaban J connectivity index is 1.97. The van der Waals surface area contributed by atoms with E-state index < -0.39 is 12.0 Å². The Morgan fingerprint density at radius 3 is 2.55 bits per heavy atom. The average molecular weight is 285 g/mol. The molecule has 1 aliphatic carbocycles. The number of carboxylic acids is 1. The Morgan fingerprint density at radius 1 is 1.25 bits per heavy atom. The largest absolute Gasteiger partial charge is 0.481 e. The summed E-state index contributed by atoms with van der Waals surface area (Å²) < 4.78 is 0. The van der Waals surface area contributed by atoms with Crippen LogP contribution in [0.25, 0.3) is 0 Å². The number of amides is 3. The van der Waals surface area contributed by atoms with Crippen LogP contribution in [-0.2, 0) is 9.59 Å². The van der Waals surface area contributed by atoms with Gasteiger partial charge in [0.05, 0.1) is 6.54 Å². The molecular weight excluding hydrogens is 262 g/mol. The molecule has 1 saturated carbocycles. The Morgan fingerprint density at radius 2 is 1.95 bits per heavy atom. The number of carbonyl (C=O) groups is 3. The second kappa shape index (κ2) is 8.52. The quantitative estimate of drug-likeness (QED) is 0.460. The second-order valence-corrected chi connectivity index (χ2v) is 5.30. The van der Waals surface area contributed by atoms with E-state index in [1.54, 1.807) is 0 Å². The first-order chi connectivity index (χ1) is 9.47. The second-order valence-electron chi connectivity index (χ2n) is 5.30. The van der Waals surface area contributed by atoms with Gasteiger partial charge in [0.1, 0.15) is 0 Å². The monoisotopic (exact) mass is 285 g/mol. The van der Waals surface area contributed by atoms with Crippen LogP contribution in [0, 0.1) is 5.92 Å². The van der Waals surface area contributed by atoms with Gasteiger partial charge in [0.25, 0.3) is 0 Å². The molecule has 0 radical (unpaired) electrons. The van der Waals surface area contributed by atoms with Gasteiger partial charge < -0.3 is 15.7 Å². The summed E-state index contributed by atoms with van der Waals surface area (Å²) in [5.41, 5.74) is 0. The third-order valence-corrected chi connectivity index (χ3v) is 3.12. The molecule has 0 saturated heterocycles. The molecule has 7 nitrogen and oxygen atoms in total. The smallest absolute Gasteiger partial charge is 0.321 e. The summed E-state index contributed by atoms with van der Waals surface area (Å²) in [6, 6.07) is -0.208. The molecule has 0 spiro atoms. The van der Waals surface area contributed by atoms with Gasteiger partial charge in [0.15, 0.2) is 0 Å². The molecule has 114 valence electrons. The minimum absolute atomic E-state index is 0.0870. The predicted octanol–water partition coefficient (Wildman–Crippen LogP) is 0.455. The van der Waals surface area contributed by atoms with E-state index in [4.69, 9.17) is 5.11 Å².